The smallest absolute Gasteiger partial charge is 0.240 e. The largest absolute Gasteiger partial charge is 0.347 e. The van der Waals surface area contributed by atoms with E-state index in [1.54, 1.807) is 4.90 Å². The van der Waals surface area contributed by atoms with E-state index < -0.39 is 0 Å². The fraction of sp³-hybridized carbons (Fsp3) is 0.562. The number of nitrogens with zero attached hydrogens (tertiary/aromatic N) is 2. The van der Waals surface area contributed by atoms with Crippen molar-refractivity contribution in [3.05, 3.63) is 33.8 Å². The lowest BCUT2D eigenvalue weighted by Crippen LogP contribution is -2.58. The zero-order chi connectivity index (χ0) is 15.0. The van der Waals surface area contributed by atoms with Crippen LogP contribution in [0.1, 0.15) is 23.6 Å². The number of carbonyl (C=O) groups is 1. The minimum atomic E-state index is -0.0521. The standard InChI is InChI=1S/C16H22BrN3O/c1-19(2)16(21)15-10-18-8-9-20(15)14-7-6-11-12(14)4-3-5-13(11)17/h3-5,14-15,18H,6-10H2,1-2H3. The van der Waals surface area contributed by atoms with Crippen molar-refractivity contribution < 1.29 is 4.79 Å². The van der Waals surface area contributed by atoms with E-state index in [4.69, 9.17) is 0 Å². The maximum atomic E-state index is 12.5. The van der Waals surface area contributed by atoms with Crippen LogP contribution in [0.5, 0.6) is 0 Å². The number of amides is 1. The van der Waals surface area contributed by atoms with Crippen LogP contribution < -0.4 is 5.32 Å². The fourth-order valence-electron chi connectivity index (χ4n) is 3.55. The van der Waals surface area contributed by atoms with Crippen LogP contribution in [0.4, 0.5) is 0 Å². The highest BCUT2D eigenvalue weighted by Crippen LogP contribution is 2.40. The number of rotatable bonds is 2. The predicted molar refractivity (Wildman–Crippen MR) is 87.3 cm³/mol. The van der Waals surface area contributed by atoms with Gasteiger partial charge in [-0.15, -0.1) is 0 Å². The summed E-state index contributed by atoms with van der Waals surface area (Å²) in [5.74, 6) is 0.200. The zero-order valence-electron chi connectivity index (χ0n) is 12.6. The normalized spacial score (nSPS) is 25.7. The Balaban J connectivity index is 1.89. The Hall–Kier alpha value is -0.910. The van der Waals surface area contributed by atoms with Gasteiger partial charge in [-0.2, -0.15) is 0 Å². The van der Waals surface area contributed by atoms with Crippen molar-refractivity contribution in [3.8, 4) is 0 Å². The number of piperazine rings is 1. The molecule has 0 spiro atoms. The molecule has 1 N–H and O–H groups in total. The van der Waals surface area contributed by atoms with Crippen molar-refractivity contribution in [1.29, 1.82) is 0 Å². The average Bonchev–Trinajstić information content (AvgIpc) is 2.91. The van der Waals surface area contributed by atoms with Crippen molar-refractivity contribution >= 4 is 21.8 Å². The lowest BCUT2D eigenvalue weighted by atomic mass is 10.0. The summed E-state index contributed by atoms with van der Waals surface area (Å²) >= 11 is 3.66. The van der Waals surface area contributed by atoms with Crippen LogP contribution >= 0.6 is 15.9 Å². The maximum absolute atomic E-state index is 12.5. The second kappa shape index (κ2) is 6.07. The van der Waals surface area contributed by atoms with Gasteiger partial charge in [0, 0.05) is 44.2 Å². The first-order chi connectivity index (χ1) is 10.1. The summed E-state index contributed by atoms with van der Waals surface area (Å²) < 4.78 is 1.20. The molecular formula is C16H22BrN3O. The number of nitrogens with one attached hydrogen (secondary N) is 1. The van der Waals surface area contributed by atoms with Crippen LogP contribution in [-0.2, 0) is 11.2 Å². The molecule has 2 aliphatic rings. The van der Waals surface area contributed by atoms with Crippen LogP contribution in [0.15, 0.2) is 22.7 Å². The summed E-state index contributed by atoms with van der Waals surface area (Å²) in [6.45, 7) is 2.63. The SMILES string of the molecule is CN(C)C(=O)C1CNCCN1C1CCc2c(Br)cccc21. The zero-order valence-corrected chi connectivity index (χ0v) is 14.2. The second-order valence-corrected chi connectivity index (χ2v) is 6.91. The van der Waals surface area contributed by atoms with E-state index in [9.17, 15) is 4.79 Å². The lowest BCUT2D eigenvalue weighted by molar-refractivity contribution is -0.136. The first kappa shape index (κ1) is 15.0. The number of halogens is 1. The van der Waals surface area contributed by atoms with Gasteiger partial charge in [-0.1, -0.05) is 28.1 Å². The summed E-state index contributed by atoms with van der Waals surface area (Å²) in [4.78, 5) is 16.6. The summed E-state index contributed by atoms with van der Waals surface area (Å²) in [6.07, 6.45) is 2.20. The molecular weight excluding hydrogens is 330 g/mol. The predicted octanol–water partition coefficient (Wildman–Crippen LogP) is 1.80. The molecule has 0 radical (unpaired) electrons. The molecule has 1 fully saturated rings. The van der Waals surface area contributed by atoms with Crippen LogP contribution in [0, 0.1) is 0 Å². The van der Waals surface area contributed by atoms with E-state index in [0.29, 0.717) is 6.04 Å². The van der Waals surface area contributed by atoms with Gasteiger partial charge in [0.25, 0.3) is 0 Å². The molecule has 0 aromatic heterocycles. The summed E-state index contributed by atoms with van der Waals surface area (Å²) in [5, 5.41) is 3.36. The summed E-state index contributed by atoms with van der Waals surface area (Å²) in [5.41, 5.74) is 2.81. The van der Waals surface area contributed by atoms with Crippen molar-refractivity contribution in [2.24, 2.45) is 0 Å². The van der Waals surface area contributed by atoms with Gasteiger partial charge in [0.1, 0.15) is 6.04 Å². The maximum Gasteiger partial charge on any atom is 0.240 e. The van der Waals surface area contributed by atoms with E-state index in [1.807, 2.05) is 14.1 Å². The van der Waals surface area contributed by atoms with E-state index in [-0.39, 0.29) is 11.9 Å². The average molecular weight is 352 g/mol. The minimum absolute atomic E-state index is 0.0521. The Morgan fingerprint density at radius 1 is 1.43 bits per heavy atom. The molecule has 0 saturated carbocycles. The summed E-state index contributed by atoms with van der Waals surface area (Å²) in [6, 6.07) is 6.75. The topological polar surface area (TPSA) is 35.6 Å². The van der Waals surface area contributed by atoms with Gasteiger partial charge in [0.05, 0.1) is 0 Å². The van der Waals surface area contributed by atoms with Crippen molar-refractivity contribution in [1.82, 2.24) is 15.1 Å². The Morgan fingerprint density at radius 2 is 2.24 bits per heavy atom. The van der Waals surface area contributed by atoms with Crippen molar-refractivity contribution in [3.63, 3.8) is 0 Å². The summed E-state index contributed by atoms with van der Waals surface area (Å²) in [7, 11) is 3.68. The molecule has 3 rings (SSSR count). The number of fused-ring (bicyclic) bond motifs is 1. The van der Waals surface area contributed by atoms with Crippen LogP contribution in [0.2, 0.25) is 0 Å². The minimum Gasteiger partial charge on any atom is -0.347 e. The van der Waals surface area contributed by atoms with Crippen LogP contribution in [0.3, 0.4) is 0 Å². The third-order valence-electron chi connectivity index (χ3n) is 4.59. The molecule has 21 heavy (non-hydrogen) atoms. The first-order valence-corrected chi connectivity index (χ1v) is 8.34. The van der Waals surface area contributed by atoms with Gasteiger partial charge in [-0.3, -0.25) is 9.69 Å². The second-order valence-electron chi connectivity index (χ2n) is 6.05. The molecule has 1 heterocycles. The molecule has 1 aliphatic carbocycles. The molecule has 2 unspecified atom stereocenters. The highest BCUT2D eigenvalue weighted by atomic mass is 79.9. The van der Waals surface area contributed by atoms with Crippen LogP contribution in [-0.4, -0.2) is 55.5 Å². The molecule has 1 saturated heterocycles. The Morgan fingerprint density at radius 3 is 3.00 bits per heavy atom. The molecule has 4 nitrogen and oxygen atoms in total. The number of benzene rings is 1. The van der Waals surface area contributed by atoms with Gasteiger partial charge in [0.15, 0.2) is 0 Å². The fourth-order valence-corrected chi connectivity index (χ4v) is 4.13. The lowest BCUT2D eigenvalue weighted by Gasteiger charge is -2.40. The molecule has 5 heteroatoms. The molecule has 1 aromatic rings. The highest BCUT2D eigenvalue weighted by Gasteiger charge is 2.37. The van der Waals surface area contributed by atoms with Gasteiger partial charge >= 0.3 is 0 Å². The number of carbonyl (C=O) groups excluding carboxylic acids is 1. The monoisotopic (exact) mass is 351 g/mol. The van der Waals surface area contributed by atoms with E-state index in [0.717, 1.165) is 32.5 Å². The Labute approximate surface area is 134 Å². The van der Waals surface area contributed by atoms with Gasteiger partial charge in [-0.25, -0.2) is 0 Å². The number of hydrogen-bond donors (Lipinski definition) is 1. The molecule has 1 aliphatic heterocycles. The number of likely N-dealkylation sites (N-methyl/N-ethyl adjacent to an activating group) is 1. The third kappa shape index (κ3) is 2.74. The third-order valence-corrected chi connectivity index (χ3v) is 5.34. The van der Waals surface area contributed by atoms with Gasteiger partial charge in [-0.05, 0) is 30.0 Å². The van der Waals surface area contributed by atoms with Gasteiger partial charge < -0.3 is 10.2 Å². The van der Waals surface area contributed by atoms with Crippen LogP contribution in [0.25, 0.3) is 0 Å². The van der Waals surface area contributed by atoms with E-state index >= 15 is 0 Å². The molecule has 1 aromatic carbocycles. The first-order valence-electron chi connectivity index (χ1n) is 7.54. The van der Waals surface area contributed by atoms with E-state index in [2.05, 4.69) is 44.3 Å². The van der Waals surface area contributed by atoms with Crippen molar-refractivity contribution in [2.45, 2.75) is 24.9 Å². The number of hydrogen-bond acceptors (Lipinski definition) is 3. The Kier molecular flexibility index (Phi) is 4.33. The Bertz CT molecular complexity index is 546. The van der Waals surface area contributed by atoms with Gasteiger partial charge in [0.2, 0.25) is 5.91 Å². The molecule has 114 valence electrons. The van der Waals surface area contributed by atoms with E-state index in [1.165, 1.54) is 15.6 Å². The molecule has 2 atom stereocenters. The van der Waals surface area contributed by atoms with Crippen molar-refractivity contribution in [2.75, 3.05) is 33.7 Å². The highest BCUT2D eigenvalue weighted by molar-refractivity contribution is 9.10. The molecule has 0 bridgehead atoms. The molecule has 1 amide bonds. The quantitative estimate of drug-likeness (QED) is 0.882.